The minimum atomic E-state index is -4.95. The number of phosphoric ester groups is 2. The van der Waals surface area contributed by atoms with E-state index in [1.165, 1.54) is 64.2 Å². The van der Waals surface area contributed by atoms with Crippen LogP contribution in [-0.2, 0) is 65.4 Å². The van der Waals surface area contributed by atoms with E-state index < -0.39 is 97.5 Å². The summed E-state index contributed by atoms with van der Waals surface area (Å²) in [6.07, 6.45) is 37.6. The lowest BCUT2D eigenvalue weighted by atomic mass is 10.0. The third-order valence-corrected chi connectivity index (χ3v) is 15.7. The molecule has 0 aliphatic carbocycles. The van der Waals surface area contributed by atoms with Crippen molar-refractivity contribution in [3.05, 3.63) is 24.3 Å². The highest BCUT2D eigenvalue weighted by Gasteiger charge is 2.30. The van der Waals surface area contributed by atoms with Gasteiger partial charge >= 0.3 is 39.5 Å². The molecular weight excluding hydrogens is 1090 g/mol. The normalized spacial score (nSPS) is 14.6. The summed E-state index contributed by atoms with van der Waals surface area (Å²) < 4.78 is 67.8. The van der Waals surface area contributed by atoms with Crippen molar-refractivity contribution in [2.75, 3.05) is 39.6 Å². The molecular formula is C63H118O17P2. The Hall–Kier alpha value is -2.46. The summed E-state index contributed by atoms with van der Waals surface area (Å²) in [5.41, 5.74) is 0. The van der Waals surface area contributed by atoms with Crippen LogP contribution < -0.4 is 0 Å². The number of hydrogen-bond donors (Lipinski definition) is 3. The predicted octanol–water partition coefficient (Wildman–Crippen LogP) is 16.7. The second kappa shape index (κ2) is 54.0. The van der Waals surface area contributed by atoms with Crippen LogP contribution in [0.4, 0.5) is 0 Å². The van der Waals surface area contributed by atoms with Gasteiger partial charge < -0.3 is 33.8 Å². The van der Waals surface area contributed by atoms with Gasteiger partial charge in [-0.15, -0.1) is 0 Å². The summed E-state index contributed by atoms with van der Waals surface area (Å²) in [4.78, 5) is 72.0. The SMILES string of the molecule is CCCCCC/C=C\C=C/CCCCCCCC(=O)O[C@H](COC(=O)CCCCCCCCC(C)C)COP(=O)(O)OC[C@H](O)COP(=O)(O)OC[C@@H](COC(=O)CCCCCCCCC(C)C)OC(=O)CCCCCCCCC(C)C. The topological polar surface area (TPSA) is 237 Å². The molecule has 0 fully saturated rings. The van der Waals surface area contributed by atoms with Gasteiger partial charge in [-0.1, -0.05) is 227 Å². The second-order valence-corrected chi connectivity index (χ2v) is 26.4. The van der Waals surface area contributed by atoms with Gasteiger partial charge in [0, 0.05) is 25.7 Å². The maximum Gasteiger partial charge on any atom is 0.472 e. The molecule has 0 aliphatic rings. The number of hydrogen-bond acceptors (Lipinski definition) is 15. The number of rotatable bonds is 59. The highest BCUT2D eigenvalue weighted by molar-refractivity contribution is 7.47. The molecule has 0 saturated carbocycles. The Bertz CT molecular complexity index is 1720. The van der Waals surface area contributed by atoms with Gasteiger partial charge in [0.1, 0.15) is 19.3 Å². The molecule has 482 valence electrons. The lowest BCUT2D eigenvalue weighted by Crippen LogP contribution is -2.30. The standard InChI is InChI=1S/C63H118O17P2/c1-8-9-10-11-12-13-14-15-16-17-18-19-20-32-39-46-62(67)79-58(50-73-60(65)44-37-30-24-21-27-34-41-54(2)3)52-77-81(69,70)75-48-57(64)49-76-82(71,72)78-53-59(80-63(68)47-40-33-26-23-29-36-43-56(6)7)51-74-61(66)45-38-31-25-22-28-35-42-55(4)5/h13-16,54-59,64H,8-12,17-53H2,1-7H3,(H,69,70)(H,71,72)/b14-13-,16-15-/t57-,58+,59+/m0/s1. The Labute approximate surface area is 497 Å². The van der Waals surface area contributed by atoms with E-state index in [0.29, 0.717) is 43.4 Å². The van der Waals surface area contributed by atoms with Gasteiger partial charge in [0.05, 0.1) is 26.4 Å². The fourth-order valence-corrected chi connectivity index (χ4v) is 10.3. The number of ether oxygens (including phenoxy) is 4. The number of phosphoric acid groups is 2. The largest absolute Gasteiger partial charge is 0.472 e. The Balaban J connectivity index is 5.26. The Morgan fingerprint density at radius 1 is 0.378 bits per heavy atom. The van der Waals surface area contributed by atoms with E-state index in [-0.39, 0.29) is 25.7 Å². The molecule has 19 heteroatoms. The van der Waals surface area contributed by atoms with Crippen molar-refractivity contribution in [2.24, 2.45) is 17.8 Å². The van der Waals surface area contributed by atoms with E-state index >= 15 is 0 Å². The first kappa shape index (κ1) is 79.5. The molecule has 3 N–H and O–H groups in total. The Morgan fingerprint density at radius 2 is 0.659 bits per heavy atom. The lowest BCUT2D eigenvalue weighted by molar-refractivity contribution is -0.161. The molecule has 0 saturated heterocycles. The Kier molecular flexibility index (Phi) is 52.4. The molecule has 0 rings (SSSR count). The molecule has 2 unspecified atom stereocenters. The van der Waals surface area contributed by atoms with Crippen molar-refractivity contribution in [1.82, 2.24) is 0 Å². The van der Waals surface area contributed by atoms with E-state index in [1.807, 2.05) is 0 Å². The van der Waals surface area contributed by atoms with Crippen LogP contribution in [0.3, 0.4) is 0 Å². The number of esters is 4. The smallest absolute Gasteiger partial charge is 0.462 e. The Morgan fingerprint density at radius 3 is 0.988 bits per heavy atom. The summed E-state index contributed by atoms with van der Waals surface area (Å²) in [5.74, 6) is -0.155. The summed E-state index contributed by atoms with van der Waals surface area (Å²) in [6.45, 7) is 11.4. The summed E-state index contributed by atoms with van der Waals surface area (Å²) in [7, 11) is -9.90. The number of aliphatic hydroxyl groups excluding tert-OH is 1. The monoisotopic (exact) mass is 1210 g/mol. The van der Waals surface area contributed by atoms with Crippen LogP contribution in [0.5, 0.6) is 0 Å². The molecule has 0 aromatic rings. The van der Waals surface area contributed by atoms with Crippen molar-refractivity contribution < 1.29 is 80.2 Å². The molecule has 5 atom stereocenters. The first-order chi connectivity index (χ1) is 39.2. The summed E-state index contributed by atoms with van der Waals surface area (Å²) in [6, 6.07) is 0. The molecule has 82 heavy (non-hydrogen) atoms. The van der Waals surface area contributed by atoms with E-state index in [1.54, 1.807) is 0 Å². The van der Waals surface area contributed by atoms with Gasteiger partial charge in [-0.05, 0) is 69.1 Å². The molecule has 0 amide bonds. The average molecular weight is 1210 g/mol. The van der Waals surface area contributed by atoms with Gasteiger partial charge in [0.25, 0.3) is 0 Å². The quantitative estimate of drug-likeness (QED) is 0.0169. The van der Waals surface area contributed by atoms with Crippen LogP contribution in [0.25, 0.3) is 0 Å². The first-order valence-corrected chi connectivity index (χ1v) is 35.2. The first-order valence-electron chi connectivity index (χ1n) is 32.2. The maximum atomic E-state index is 12.9. The molecule has 17 nitrogen and oxygen atoms in total. The highest BCUT2D eigenvalue weighted by atomic mass is 31.2. The number of allylic oxidation sites excluding steroid dienone is 4. The molecule has 0 aromatic heterocycles. The van der Waals surface area contributed by atoms with Crippen LogP contribution >= 0.6 is 15.6 Å². The van der Waals surface area contributed by atoms with Crippen LogP contribution in [0.2, 0.25) is 0 Å². The third-order valence-electron chi connectivity index (χ3n) is 13.8. The van der Waals surface area contributed by atoms with Gasteiger partial charge in [-0.3, -0.25) is 37.3 Å². The van der Waals surface area contributed by atoms with E-state index in [2.05, 4.69) is 72.8 Å². The van der Waals surface area contributed by atoms with Crippen molar-refractivity contribution in [3.8, 4) is 0 Å². The minimum absolute atomic E-state index is 0.0830. The number of aliphatic hydroxyl groups is 1. The predicted molar refractivity (Wildman–Crippen MR) is 326 cm³/mol. The molecule has 0 radical (unpaired) electrons. The van der Waals surface area contributed by atoms with Gasteiger partial charge in [0.2, 0.25) is 0 Å². The van der Waals surface area contributed by atoms with E-state index in [9.17, 15) is 43.2 Å². The van der Waals surface area contributed by atoms with Crippen molar-refractivity contribution in [1.29, 1.82) is 0 Å². The maximum absolute atomic E-state index is 12.9. The zero-order valence-electron chi connectivity index (χ0n) is 52.4. The van der Waals surface area contributed by atoms with Crippen LogP contribution in [0, 0.1) is 17.8 Å². The molecule has 0 spiro atoms. The van der Waals surface area contributed by atoms with E-state index in [4.69, 9.17) is 37.0 Å². The summed E-state index contributed by atoms with van der Waals surface area (Å²) in [5, 5.41) is 10.5. The fraction of sp³-hybridized carbons (Fsp3) is 0.873. The zero-order chi connectivity index (χ0) is 61.0. The minimum Gasteiger partial charge on any atom is -0.462 e. The van der Waals surface area contributed by atoms with Crippen molar-refractivity contribution in [3.63, 3.8) is 0 Å². The summed E-state index contributed by atoms with van der Waals surface area (Å²) >= 11 is 0. The second-order valence-electron chi connectivity index (χ2n) is 23.5. The zero-order valence-corrected chi connectivity index (χ0v) is 54.2. The molecule has 0 aromatic carbocycles. The van der Waals surface area contributed by atoms with Crippen LogP contribution in [-0.4, -0.2) is 96.7 Å². The molecule has 0 bridgehead atoms. The number of carbonyl (C=O) groups is 4. The van der Waals surface area contributed by atoms with Crippen molar-refractivity contribution >= 4 is 39.5 Å². The fourth-order valence-electron chi connectivity index (χ4n) is 8.76. The molecule has 0 aliphatic heterocycles. The third kappa shape index (κ3) is 56.7. The van der Waals surface area contributed by atoms with Gasteiger partial charge in [-0.2, -0.15) is 0 Å². The number of carbonyl (C=O) groups excluding carboxylic acids is 4. The van der Waals surface area contributed by atoms with Crippen molar-refractivity contribution in [2.45, 2.75) is 298 Å². The van der Waals surface area contributed by atoms with Crippen LogP contribution in [0.15, 0.2) is 24.3 Å². The average Bonchev–Trinajstić information content (AvgIpc) is 3.44. The highest BCUT2D eigenvalue weighted by Crippen LogP contribution is 2.45. The van der Waals surface area contributed by atoms with E-state index in [0.717, 1.165) is 116 Å². The lowest BCUT2D eigenvalue weighted by Gasteiger charge is -2.21. The molecule has 0 heterocycles. The van der Waals surface area contributed by atoms with Gasteiger partial charge in [0.15, 0.2) is 12.2 Å². The number of unbranched alkanes of at least 4 members (excludes halogenated alkanes) is 24. The van der Waals surface area contributed by atoms with Gasteiger partial charge in [-0.25, -0.2) is 9.13 Å². The van der Waals surface area contributed by atoms with Crippen LogP contribution in [0.1, 0.15) is 280 Å².